The van der Waals surface area contributed by atoms with Gasteiger partial charge in [0.1, 0.15) is 18.2 Å². The third-order valence-corrected chi connectivity index (χ3v) is 4.12. The van der Waals surface area contributed by atoms with E-state index >= 15 is 0 Å². The van der Waals surface area contributed by atoms with Crippen LogP contribution < -0.4 is 20.7 Å². The van der Waals surface area contributed by atoms with Gasteiger partial charge in [0, 0.05) is 30.5 Å². The van der Waals surface area contributed by atoms with Gasteiger partial charge in [-0.25, -0.2) is 13.8 Å². The number of carbonyl (C=O) groups excluding carboxylic acids is 1. The first-order valence-corrected chi connectivity index (χ1v) is 9.52. The second kappa shape index (κ2) is 9.83. The zero-order valence-corrected chi connectivity index (χ0v) is 17.3. The molecule has 31 heavy (non-hydrogen) atoms. The molecule has 2 aromatic heterocycles. The Bertz CT molecular complexity index is 1060. The van der Waals surface area contributed by atoms with E-state index in [0.29, 0.717) is 11.5 Å². The molecule has 0 aliphatic carbocycles. The summed E-state index contributed by atoms with van der Waals surface area (Å²) in [7, 11) is 1.31. The first-order valence-electron chi connectivity index (χ1n) is 9.52. The summed E-state index contributed by atoms with van der Waals surface area (Å²) in [5.74, 6) is -1.03. The zero-order valence-electron chi connectivity index (χ0n) is 17.3. The number of nitrogens with one attached hydrogen (secondary N) is 3. The van der Waals surface area contributed by atoms with Crippen molar-refractivity contribution in [3.63, 3.8) is 0 Å². The Balaban J connectivity index is 1.63. The van der Waals surface area contributed by atoms with Crippen molar-refractivity contribution >= 4 is 23.4 Å². The summed E-state index contributed by atoms with van der Waals surface area (Å²) >= 11 is 0. The molecule has 0 radical (unpaired) electrons. The Morgan fingerprint density at radius 2 is 2.06 bits per heavy atom. The van der Waals surface area contributed by atoms with E-state index in [4.69, 9.17) is 4.74 Å². The zero-order chi connectivity index (χ0) is 22.4. The molecule has 164 valence electrons. The van der Waals surface area contributed by atoms with Crippen LogP contribution in [0, 0.1) is 11.6 Å². The SMILES string of the molecule is COc1ccc(F)c(CNc2ccnc(Nc3cnn(CC(=O)NC(C)C)c3)n2)c1F. The van der Waals surface area contributed by atoms with Gasteiger partial charge in [0.15, 0.2) is 11.6 Å². The lowest BCUT2D eigenvalue weighted by Gasteiger charge is -2.11. The fraction of sp³-hybridized carbons (Fsp3) is 0.300. The quantitative estimate of drug-likeness (QED) is 0.478. The highest BCUT2D eigenvalue weighted by molar-refractivity contribution is 5.76. The lowest BCUT2D eigenvalue weighted by molar-refractivity contribution is -0.122. The first-order chi connectivity index (χ1) is 14.9. The van der Waals surface area contributed by atoms with Crippen LogP contribution in [-0.2, 0) is 17.9 Å². The fourth-order valence-corrected chi connectivity index (χ4v) is 2.75. The third kappa shape index (κ3) is 5.87. The minimum absolute atomic E-state index is 0.0395. The van der Waals surface area contributed by atoms with Crippen molar-refractivity contribution in [2.75, 3.05) is 17.7 Å². The van der Waals surface area contributed by atoms with Gasteiger partial charge in [0.25, 0.3) is 0 Å². The van der Waals surface area contributed by atoms with Gasteiger partial charge < -0.3 is 20.7 Å². The molecule has 0 bridgehead atoms. The highest BCUT2D eigenvalue weighted by Gasteiger charge is 2.14. The average Bonchev–Trinajstić information content (AvgIpc) is 3.14. The molecular formula is C20H23F2N7O2. The highest BCUT2D eigenvalue weighted by atomic mass is 19.1. The van der Waals surface area contributed by atoms with Gasteiger partial charge in [-0.2, -0.15) is 10.1 Å². The van der Waals surface area contributed by atoms with Crippen LogP contribution in [0.1, 0.15) is 19.4 Å². The van der Waals surface area contributed by atoms with Crippen LogP contribution in [0.25, 0.3) is 0 Å². The average molecular weight is 431 g/mol. The largest absolute Gasteiger partial charge is 0.494 e. The molecule has 0 unspecified atom stereocenters. The molecule has 9 nitrogen and oxygen atoms in total. The molecule has 1 aromatic carbocycles. The molecule has 2 heterocycles. The number of amides is 1. The number of hydrogen-bond acceptors (Lipinski definition) is 7. The molecule has 0 aliphatic heterocycles. The maximum Gasteiger partial charge on any atom is 0.241 e. The van der Waals surface area contributed by atoms with E-state index in [1.807, 2.05) is 13.8 Å². The van der Waals surface area contributed by atoms with E-state index in [1.165, 1.54) is 30.3 Å². The van der Waals surface area contributed by atoms with Gasteiger partial charge >= 0.3 is 0 Å². The standard InChI is InChI=1S/C20H23F2N7O2/c1-12(2)26-18(30)11-29-10-13(8-25-29)27-20-23-7-6-17(28-20)24-9-14-15(21)4-5-16(31-3)19(14)22/h4-8,10,12H,9,11H2,1-3H3,(H,26,30)(H2,23,24,27,28). The van der Waals surface area contributed by atoms with Gasteiger partial charge in [0.05, 0.1) is 19.0 Å². The molecule has 0 fully saturated rings. The molecule has 3 rings (SSSR count). The second-order valence-corrected chi connectivity index (χ2v) is 6.94. The second-order valence-electron chi connectivity index (χ2n) is 6.94. The smallest absolute Gasteiger partial charge is 0.241 e. The topological polar surface area (TPSA) is 106 Å². The van der Waals surface area contributed by atoms with Gasteiger partial charge in [0.2, 0.25) is 11.9 Å². The number of nitrogens with zero attached hydrogens (tertiary/aromatic N) is 4. The molecular weight excluding hydrogens is 408 g/mol. The van der Waals surface area contributed by atoms with E-state index in [9.17, 15) is 13.6 Å². The van der Waals surface area contributed by atoms with Gasteiger partial charge in [-0.1, -0.05) is 0 Å². The molecule has 3 N–H and O–H groups in total. The van der Waals surface area contributed by atoms with Crippen molar-refractivity contribution in [1.82, 2.24) is 25.1 Å². The normalized spacial score (nSPS) is 10.8. The molecule has 1 amide bonds. The van der Waals surface area contributed by atoms with Crippen LogP contribution in [-0.4, -0.2) is 38.8 Å². The number of hydrogen-bond donors (Lipinski definition) is 3. The Kier molecular flexibility index (Phi) is 6.96. The number of ether oxygens (including phenoxy) is 1. The van der Waals surface area contributed by atoms with E-state index in [2.05, 4.69) is 31.0 Å². The van der Waals surface area contributed by atoms with Crippen LogP contribution in [0.2, 0.25) is 0 Å². The lowest BCUT2D eigenvalue weighted by Crippen LogP contribution is -2.33. The Hall–Kier alpha value is -3.76. The molecule has 0 aliphatic rings. The molecule has 3 aromatic rings. The predicted octanol–water partition coefficient (Wildman–Crippen LogP) is 2.84. The van der Waals surface area contributed by atoms with Crippen molar-refractivity contribution in [1.29, 1.82) is 0 Å². The van der Waals surface area contributed by atoms with E-state index in [0.717, 1.165) is 6.07 Å². The van der Waals surface area contributed by atoms with Crippen LogP contribution in [0.4, 0.5) is 26.2 Å². The van der Waals surface area contributed by atoms with Crippen LogP contribution in [0.5, 0.6) is 5.75 Å². The van der Waals surface area contributed by atoms with Crippen molar-refractivity contribution < 1.29 is 18.3 Å². The van der Waals surface area contributed by atoms with Crippen molar-refractivity contribution in [3.05, 3.63) is 54.0 Å². The summed E-state index contributed by atoms with van der Waals surface area (Å²) in [6.45, 7) is 3.71. The van der Waals surface area contributed by atoms with Crippen molar-refractivity contribution in [2.24, 2.45) is 0 Å². The monoisotopic (exact) mass is 431 g/mol. The van der Waals surface area contributed by atoms with Crippen LogP contribution in [0.15, 0.2) is 36.8 Å². The molecule has 0 saturated heterocycles. The number of anilines is 3. The molecule has 0 atom stereocenters. The van der Waals surface area contributed by atoms with Crippen LogP contribution in [0.3, 0.4) is 0 Å². The number of methoxy groups -OCH3 is 1. The number of halogens is 2. The maximum atomic E-state index is 14.3. The molecule has 0 spiro atoms. The summed E-state index contributed by atoms with van der Waals surface area (Å²) in [6, 6.07) is 3.99. The van der Waals surface area contributed by atoms with E-state index in [1.54, 1.807) is 12.3 Å². The predicted molar refractivity (Wildman–Crippen MR) is 111 cm³/mol. The summed E-state index contributed by atoms with van der Waals surface area (Å²) in [5.41, 5.74) is 0.424. The highest BCUT2D eigenvalue weighted by Crippen LogP contribution is 2.24. The van der Waals surface area contributed by atoms with Gasteiger partial charge in [-0.3, -0.25) is 9.48 Å². The minimum atomic E-state index is -0.767. The minimum Gasteiger partial charge on any atom is -0.494 e. The Labute approximate surface area is 177 Å². The lowest BCUT2D eigenvalue weighted by atomic mass is 10.2. The number of carbonyl (C=O) groups is 1. The van der Waals surface area contributed by atoms with Gasteiger partial charge in [-0.15, -0.1) is 0 Å². The van der Waals surface area contributed by atoms with Crippen molar-refractivity contribution in [3.8, 4) is 5.75 Å². The van der Waals surface area contributed by atoms with Gasteiger partial charge in [-0.05, 0) is 32.0 Å². The molecule has 0 saturated carbocycles. The number of rotatable bonds is 9. The summed E-state index contributed by atoms with van der Waals surface area (Å²) in [4.78, 5) is 20.2. The summed E-state index contributed by atoms with van der Waals surface area (Å²) in [5, 5.41) is 12.7. The number of benzene rings is 1. The third-order valence-electron chi connectivity index (χ3n) is 4.12. The van der Waals surface area contributed by atoms with E-state index < -0.39 is 11.6 Å². The Morgan fingerprint density at radius 3 is 2.81 bits per heavy atom. The van der Waals surface area contributed by atoms with Crippen molar-refractivity contribution in [2.45, 2.75) is 33.0 Å². The Morgan fingerprint density at radius 1 is 1.26 bits per heavy atom. The summed E-state index contributed by atoms with van der Waals surface area (Å²) < 4.78 is 34.6. The van der Waals surface area contributed by atoms with Crippen LogP contribution >= 0.6 is 0 Å². The fourth-order valence-electron chi connectivity index (χ4n) is 2.75. The summed E-state index contributed by atoms with van der Waals surface area (Å²) in [6.07, 6.45) is 4.67. The molecule has 11 heteroatoms. The van der Waals surface area contributed by atoms with E-state index in [-0.39, 0.29) is 42.3 Å². The first kappa shape index (κ1) is 21.9. The number of aromatic nitrogens is 4. The maximum absolute atomic E-state index is 14.3.